The molecule has 2 heterocycles. The maximum absolute atomic E-state index is 12.7. The average molecular weight is 467 g/mol. The number of hydrogen-bond acceptors (Lipinski definition) is 6. The number of piperidine rings is 1. The zero-order valence-corrected chi connectivity index (χ0v) is 19.5. The van der Waals surface area contributed by atoms with Crippen LogP contribution in [0.15, 0.2) is 30.5 Å². The molecule has 182 valence electrons. The van der Waals surface area contributed by atoms with E-state index in [-0.39, 0.29) is 36.6 Å². The molecule has 1 aromatic carbocycles. The molecule has 1 saturated heterocycles. The molecule has 2 aromatic rings. The summed E-state index contributed by atoms with van der Waals surface area (Å²) in [4.78, 5) is 33.8. The first-order chi connectivity index (χ1) is 16.5. The van der Waals surface area contributed by atoms with Crippen molar-refractivity contribution in [2.24, 2.45) is 0 Å². The van der Waals surface area contributed by atoms with Crippen molar-refractivity contribution in [1.82, 2.24) is 20.2 Å². The molecule has 6 N–H and O–H groups in total. The van der Waals surface area contributed by atoms with Gasteiger partial charge in [0.25, 0.3) is 5.91 Å². The van der Waals surface area contributed by atoms with Gasteiger partial charge in [-0.3, -0.25) is 9.59 Å². The van der Waals surface area contributed by atoms with Gasteiger partial charge < -0.3 is 31.4 Å². The number of nitrogens with two attached hydrogens (primary N) is 1. The molecule has 1 aliphatic heterocycles. The van der Waals surface area contributed by atoms with Gasteiger partial charge in [0.1, 0.15) is 5.82 Å². The molecule has 0 radical (unpaired) electrons. The molecule has 1 aromatic heterocycles. The summed E-state index contributed by atoms with van der Waals surface area (Å²) in [6, 6.07) is 6.29. The molecule has 0 unspecified atom stereocenters. The highest BCUT2D eigenvalue weighted by atomic mass is 16.3. The predicted molar refractivity (Wildman–Crippen MR) is 132 cm³/mol. The molecule has 0 atom stereocenters. The lowest BCUT2D eigenvalue weighted by atomic mass is 9.85. The van der Waals surface area contributed by atoms with E-state index in [9.17, 15) is 9.59 Å². The Hall–Kier alpha value is -3.17. The Morgan fingerprint density at radius 3 is 2.74 bits per heavy atom. The fourth-order valence-electron chi connectivity index (χ4n) is 4.76. The monoisotopic (exact) mass is 466 g/mol. The fraction of sp³-hybridized carbons (Fsp3) is 0.480. The van der Waals surface area contributed by atoms with Crippen LogP contribution in [0.3, 0.4) is 0 Å². The summed E-state index contributed by atoms with van der Waals surface area (Å²) in [5, 5.41) is 14.8. The van der Waals surface area contributed by atoms with Gasteiger partial charge in [-0.05, 0) is 67.7 Å². The third-order valence-corrected chi connectivity index (χ3v) is 6.63. The maximum atomic E-state index is 12.7. The van der Waals surface area contributed by atoms with E-state index < -0.39 is 0 Å². The molecule has 2 aliphatic rings. The van der Waals surface area contributed by atoms with Crippen LogP contribution >= 0.6 is 0 Å². The SMILES string of the molecule is Nc1c[nH]c(C(=O)Nc2ccc(C3CCN(C(=O)CNCCO)CC3)cc2C2=CCCCC2)n1. The van der Waals surface area contributed by atoms with Crippen LogP contribution in [0.5, 0.6) is 0 Å². The normalized spacial score (nSPS) is 16.9. The minimum Gasteiger partial charge on any atom is -0.395 e. The van der Waals surface area contributed by atoms with Crippen molar-refractivity contribution in [2.75, 3.05) is 43.8 Å². The van der Waals surface area contributed by atoms with Crippen LogP contribution in [0.25, 0.3) is 5.57 Å². The molecule has 9 heteroatoms. The number of rotatable bonds is 8. The molecule has 0 spiro atoms. The van der Waals surface area contributed by atoms with Gasteiger partial charge in [0.2, 0.25) is 5.91 Å². The number of H-pyrrole nitrogens is 1. The Morgan fingerprint density at radius 2 is 2.06 bits per heavy atom. The second-order valence-electron chi connectivity index (χ2n) is 8.96. The Morgan fingerprint density at radius 1 is 1.24 bits per heavy atom. The number of carbonyl (C=O) groups is 2. The van der Waals surface area contributed by atoms with E-state index in [1.807, 2.05) is 11.0 Å². The fourth-order valence-corrected chi connectivity index (χ4v) is 4.76. The Labute approximate surface area is 199 Å². The highest BCUT2D eigenvalue weighted by molar-refractivity contribution is 6.03. The number of nitrogens with one attached hydrogen (secondary N) is 3. The number of carbonyl (C=O) groups excluding carboxylic acids is 2. The molecule has 0 saturated carbocycles. The quantitative estimate of drug-likeness (QED) is 0.379. The van der Waals surface area contributed by atoms with Crippen LogP contribution in [-0.4, -0.2) is 64.6 Å². The number of likely N-dealkylation sites (tertiary alicyclic amines) is 1. The summed E-state index contributed by atoms with van der Waals surface area (Å²) >= 11 is 0. The molecule has 9 nitrogen and oxygen atoms in total. The van der Waals surface area contributed by atoms with Crippen LogP contribution in [0.4, 0.5) is 11.5 Å². The number of aromatic amines is 1. The van der Waals surface area contributed by atoms with Crippen molar-refractivity contribution in [3.8, 4) is 0 Å². The van der Waals surface area contributed by atoms with Crippen molar-refractivity contribution in [3.63, 3.8) is 0 Å². The predicted octanol–water partition coefficient (Wildman–Crippen LogP) is 2.49. The van der Waals surface area contributed by atoms with Crippen molar-refractivity contribution in [1.29, 1.82) is 0 Å². The van der Waals surface area contributed by atoms with Gasteiger partial charge in [0.05, 0.1) is 13.2 Å². The van der Waals surface area contributed by atoms with Gasteiger partial charge in [-0.2, -0.15) is 0 Å². The first kappa shape index (κ1) is 24.0. The Bertz CT molecular complexity index is 1040. The number of nitrogen functional groups attached to an aromatic ring is 1. The van der Waals surface area contributed by atoms with Crippen molar-refractivity contribution < 1.29 is 14.7 Å². The summed E-state index contributed by atoms with van der Waals surface area (Å²) in [6.07, 6.45) is 9.97. The summed E-state index contributed by atoms with van der Waals surface area (Å²) in [7, 11) is 0. The number of allylic oxidation sites excluding steroid dienone is 2. The number of anilines is 2. The van der Waals surface area contributed by atoms with E-state index >= 15 is 0 Å². The van der Waals surface area contributed by atoms with Crippen molar-refractivity contribution in [3.05, 3.63) is 47.4 Å². The zero-order valence-electron chi connectivity index (χ0n) is 19.5. The standard InChI is InChI=1S/C25H34N6O3/c26-22-15-28-24(30-22)25(34)29-21-7-6-19(14-20(21)18-4-2-1-3-5-18)17-8-11-31(12-9-17)23(33)16-27-10-13-32/h4,6-7,14-15,17,27,32H,1-3,5,8-13,16,26H2,(H,28,30)(H,29,34). The molecule has 34 heavy (non-hydrogen) atoms. The van der Waals surface area contributed by atoms with Crippen molar-refractivity contribution >= 4 is 28.9 Å². The van der Waals surface area contributed by atoms with Gasteiger partial charge >= 0.3 is 0 Å². The number of aliphatic hydroxyl groups is 1. The third kappa shape index (κ3) is 5.84. The first-order valence-electron chi connectivity index (χ1n) is 12.1. The lowest BCUT2D eigenvalue weighted by Crippen LogP contribution is -2.43. The number of aliphatic hydroxyl groups excluding tert-OH is 1. The summed E-state index contributed by atoms with van der Waals surface area (Å²) in [5.41, 5.74) is 10.0. The molecule has 2 amide bonds. The second-order valence-corrected chi connectivity index (χ2v) is 8.96. The lowest BCUT2D eigenvalue weighted by Gasteiger charge is -2.33. The third-order valence-electron chi connectivity index (χ3n) is 6.63. The summed E-state index contributed by atoms with van der Waals surface area (Å²) in [6.45, 7) is 2.16. The number of nitrogens with zero attached hydrogens (tertiary/aromatic N) is 2. The van der Waals surface area contributed by atoms with E-state index in [0.29, 0.717) is 12.5 Å². The Kier molecular flexibility index (Phi) is 7.97. The topological polar surface area (TPSA) is 136 Å². The smallest absolute Gasteiger partial charge is 0.291 e. The van der Waals surface area contributed by atoms with Gasteiger partial charge in [-0.25, -0.2) is 4.98 Å². The van der Waals surface area contributed by atoms with Crippen molar-refractivity contribution in [2.45, 2.75) is 44.4 Å². The van der Waals surface area contributed by atoms with E-state index in [2.05, 4.69) is 38.8 Å². The van der Waals surface area contributed by atoms with Crippen LogP contribution in [0.2, 0.25) is 0 Å². The number of amides is 2. The number of benzene rings is 1. The zero-order chi connectivity index (χ0) is 23.9. The molecule has 1 fully saturated rings. The van der Waals surface area contributed by atoms with Gasteiger partial charge in [-0.1, -0.05) is 12.1 Å². The first-order valence-corrected chi connectivity index (χ1v) is 12.1. The summed E-state index contributed by atoms with van der Waals surface area (Å²) in [5.74, 6) is 0.604. The second kappa shape index (κ2) is 11.3. The highest BCUT2D eigenvalue weighted by Gasteiger charge is 2.25. The van der Waals surface area contributed by atoms with E-state index in [1.165, 1.54) is 23.8 Å². The molecular formula is C25H34N6O3. The van der Waals surface area contributed by atoms with Crippen LogP contribution in [0.1, 0.15) is 66.2 Å². The van der Waals surface area contributed by atoms with Crippen LogP contribution in [-0.2, 0) is 4.79 Å². The van der Waals surface area contributed by atoms with Crippen LogP contribution < -0.4 is 16.4 Å². The number of hydrogen-bond donors (Lipinski definition) is 5. The van der Waals surface area contributed by atoms with E-state index in [1.54, 1.807) is 0 Å². The van der Waals surface area contributed by atoms with E-state index in [0.717, 1.165) is 56.4 Å². The average Bonchev–Trinajstić information content (AvgIpc) is 3.31. The molecular weight excluding hydrogens is 432 g/mol. The number of imidazole rings is 1. The lowest BCUT2D eigenvalue weighted by molar-refractivity contribution is -0.131. The molecule has 0 bridgehead atoms. The minimum absolute atomic E-state index is 0.0279. The van der Waals surface area contributed by atoms with Gasteiger partial charge in [-0.15, -0.1) is 0 Å². The summed E-state index contributed by atoms with van der Waals surface area (Å²) < 4.78 is 0. The molecule has 1 aliphatic carbocycles. The minimum atomic E-state index is -0.316. The van der Waals surface area contributed by atoms with Crippen LogP contribution in [0, 0.1) is 0 Å². The maximum Gasteiger partial charge on any atom is 0.291 e. The van der Waals surface area contributed by atoms with Gasteiger partial charge in [0, 0.05) is 37.1 Å². The highest BCUT2D eigenvalue weighted by Crippen LogP contribution is 2.36. The number of aromatic nitrogens is 2. The van der Waals surface area contributed by atoms with E-state index in [4.69, 9.17) is 10.8 Å². The van der Waals surface area contributed by atoms with Gasteiger partial charge in [0.15, 0.2) is 5.82 Å². The Balaban J connectivity index is 1.48. The largest absolute Gasteiger partial charge is 0.395 e. The molecule has 4 rings (SSSR count).